The van der Waals surface area contributed by atoms with Gasteiger partial charge in [0.15, 0.2) is 0 Å². The minimum atomic E-state index is -3.67. The van der Waals surface area contributed by atoms with Gasteiger partial charge in [-0.05, 0) is 43.4 Å². The molecule has 1 aliphatic rings. The topological polar surface area (TPSA) is 81.7 Å². The molecule has 1 aromatic rings. The first-order valence-corrected chi connectivity index (χ1v) is 8.68. The highest BCUT2D eigenvalue weighted by Gasteiger charge is 2.22. The molecule has 6 nitrogen and oxygen atoms in total. The SMILES string of the molecule is COC(=O)c1ccc(C)c(S(=O)(=O)NC[C@@H]2CCCOC2)c1. The lowest BCUT2D eigenvalue weighted by atomic mass is 10.0. The van der Waals surface area contributed by atoms with Crippen LogP contribution in [-0.2, 0) is 19.5 Å². The summed E-state index contributed by atoms with van der Waals surface area (Å²) in [7, 11) is -2.41. The smallest absolute Gasteiger partial charge is 0.337 e. The van der Waals surface area contributed by atoms with Gasteiger partial charge in [0.1, 0.15) is 0 Å². The molecule has 1 aromatic carbocycles. The third-order valence-electron chi connectivity index (χ3n) is 3.72. The fourth-order valence-corrected chi connectivity index (χ4v) is 3.79. The Labute approximate surface area is 130 Å². The van der Waals surface area contributed by atoms with E-state index in [0.717, 1.165) is 19.4 Å². The second kappa shape index (κ2) is 7.21. The zero-order valence-electron chi connectivity index (χ0n) is 12.8. The monoisotopic (exact) mass is 327 g/mol. The molecule has 0 aliphatic carbocycles. The van der Waals surface area contributed by atoms with Crippen LogP contribution < -0.4 is 4.72 Å². The van der Waals surface area contributed by atoms with Crippen LogP contribution in [0.3, 0.4) is 0 Å². The van der Waals surface area contributed by atoms with Gasteiger partial charge in [0.2, 0.25) is 10.0 Å². The predicted molar refractivity (Wildman–Crippen MR) is 81.3 cm³/mol. The lowest BCUT2D eigenvalue weighted by molar-refractivity contribution is 0.0568. The molecule has 0 unspecified atom stereocenters. The average Bonchev–Trinajstić information content (AvgIpc) is 2.53. The lowest BCUT2D eigenvalue weighted by Crippen LogP contribution is -2.33. The van der Waals surface area contributed by atoms with Crippen LogP contribution in [0.1, 0.15) is 28.8 Å². The van der Waals surface area contributed by atoms with Gasteiger partial charge in [-0.3, -0.25) is 0 Å². The Hall–Kier alpha value is -1.44. The molecule has 1 aliphatic heterocycles. The summed E-state index contributed by atoms with van der Waals surface area (Å²) >= 11 is 0. The van der Waals surface area contributed by atoms with Crippen molar-refractivity contribution < 1.29 is 22.7 Å². The van der Waals surface area contributed by atoms with Crippen molar-refractivity contribution in [3.63, 3.8) is 0 Å². The molecule has 0 radical (unpaired) electrons. The molecule has 7 heteroatoms. The molecule has 1 atom stereocenters. The Morgan fingerprint density at radius 2 is 2.23 bits per heavy atom. The highest BCUT2D eigenvalue weighted by atomic mass is 32.2. The summed E-state index contributed by atoms with van der Waals surface area (Å²) in [6, 6.07) is 4.50. The molecule has 1 fully saturated rings. The van der Waals surface area contributed by atoms with Gasteiger partial charge in [0, 0.05) is 13.2 Å². The van der Waals surface area contributed by atoms with Gasteiger partial charge in [-0.15, -0.1) is 0 Å². The first-order chi connectivity index (χ1) is 10.4. The summed E-state index contributed by atoms with van der Waals surface area (Å²) in [6.45, 7) is 3.34. The van der Waals surface area contributed by atoms with Gasteiger partial charge >= 0.3 is 5.97 Å². The summed E-state index contributed by atoms with van der Waals surface area (Å²) in [5, 5.41) is 0. The van der Waals surface area contributed by atoms with Gasteiger partial charge in [0.05, 0.1) is 24.2 Å². The Kier molecular flexibility index (Phi) is 5.55. The van der Waals surface area contributed by atoms with Gasteiger partial charge in [-0.2, -0.15) is 0 Å². The number of aryl methyl sites for hydroxylation is 1. The number of hydrogen-bond donors (Lipinski definition) is 1. The van der Waals surface area contributed by atoms with E-state index in [1.165, 1.54) is 13.2 Å². The molecule has 0 amide bonds. The number of ether oxygens (including phenoxy) is 2. The number of benzene rings is 1. The zero-order valence-corrected chi connectivity index (χ0v) is 13.6. The molecule has 1 saturated heterocycles. The molecule has 2 rings (SSSR count). The van der Waals surface area contributed by atoms with Crippen LogP contribution in [0.15, 0.2) is 23.1 Å². The standard InChI is InChI=1S/C15H21NO5S/c1-11-5-6-13(15(17)20-2)8-14(11)22(18,19)16-9-12-4-3-7-21-10-12/h5-6,8,12,16H,3-4,7,9-10H2,1-2H3/t12-/m0/s1. The van der Waals surface area contributed by atoms with Crippen LogP contribution in [0.25, 0.3) is 0 Å². The summed E-state index contributed by atoms with van der Waals surface area (Å²) in [5.74, 6) is -0.371. The van der Waals surface area contributed by atoms with E-state index in [1.54, 1.807) is 19.1 Å². The van der Waals surface area contributed by atoms with E-state index in [9.17, 15) is 13.2 Å². The summed E-state index contributed by atoms with van der Waals surface area (Å²) < 4.78 is 37.5. The molecule has 1 heterocycles. The van der Waals surface area contributed by atoms with Crippen LogP contribution in [0, 0.1) is 12.8 Å². The normalized spacial score (nSPS) is 18.9. The van der Waals surface area contributed by atoms with Crippen molar-refractivity contribution in [2.75, 3.05) is 26.9 Å². The van der Waals surface area contributed by atoms with E-state index in [2.05, 4.69) is 9.46 Å². The number of nitrogens with one attached hydrogen (secondary N) is 1. The average molecular weight is 327 g/mol. The van der Waals surface area contributed by atoms with Crippen molar-refractivity contribution in [2.45, 2.75) is 24.7 Å². The van der Waals surface area contributed by atoms with E-state index in [0.29, 0.717) is 18.7 Å². The van der Waals surface area contributed by atoms with Gasteiger partial charge < -0.3 is 9.47 Å². The number of carbonyl (C=O) groups excluding carboxylic acids is 1. The van der Waals surface area contributed by atoms with E-state index < -0.39 is 16.0 Å². The van der Waals surface area contributed by atoms with Gasteiger partial charge in [-0.25, -0.2) is 17.9 Å². The second-order valence-corrected chi connectivity index (χ2v) is 7.14. The third-order valence-corrected chi connectivity index (χ3v) is 5.28. The number of hydrogen-bond acceptors (Lipinski definition) is 5. The summed E-state index contributed by atoms with van der Waals surface area (Å²) in [5.41, 5.74) is 0.800. The summed E-state index contributed by atoms with van der Waals surface area (Å²) in [6.07, 6.45) is 1.90. The molecule has 0 saturated carbocycles. The molecule has 0 spiro atoms. The highest BCUT2D eigenvalue weighted by Crippen LogP contribution is 2.19. The molecular weight excluding hydrogens is 306 g/mol. The number of carbonyl (C=O) groups is 1. The van der Waals surface area contributed by atoms with Crippen LogP contribution >= 0.6 is 0 Å². The highest BCUT2D eigenvalue weighted by molar-refractivity contribution is 7.89. The molecule has 122 valence electrons. The van der Waals surface area contributed by atoms with Crippen LogP contribution in [-0.4, -0.2) is 41.3 Å². The Balaban J connectivity index is 2.15. The number of esters is 1. The Bertz CT molecular complexity index is 635. The molecule has 0 bridgehead atoms. The van der Waals surface area contributed by atoms with Gasteiger partial charge in [0.25, 0.3) is 0 Å². The van der Waals surface area contributed by atoms with Gasteiger partial charge in [-0.1, -0.05) is 6.07 Å². The van der Waals surface area contributed by atoms with E-state index in [4.69, 9.17) is 4.74 Å². The van der Waals surface area contributed by atoms with E-state index >= 15 is 0 Å². The van der Waals surface area contributed by atoms with Crippen LogP contribution in [0.5, 0.6) is 0 Å². The van der Waals surface area contributed by atoms with Crippen molar-refractivity contribution in [2.24, 2.45) is 5.92 Å². The fourth-order valence-electron chi connectivity index (χ4n) is 2.41. The molecule has 0 aromatic heterocycles. The van der Waals surface area contributed by atoms with Crippen molar-refractivity contribution in [1.29, 1.82) is 0 Å². The maximum atomic E-state index is 12.5. The molecular formula is C15H21NO5S. The van der Waals surface area contributed by atoms with Crippen LogP contribution in [0.4, 0.5) is 0 Å². The van der Waals surface area contributed by atoms with E-state index in [-0.39, 0.29) is 16.4 Å². The van der Waals surface area contributed by atoms with Crippen molar-refractivity contribution >= 4 is 16.0 Å². The van der Waals surface area contributed by atoms with Crippen molar-refractivity contribution in [1.82, 2.24) is 4.72 Å². The largest absolute Gasteiger partial charge is 0.465 e. The third kappa shape index (κ3) is 4.06. The number of sulfonamides is 1. The first-order valence-electron chi connectivity index (χ1n) is 7.20. The predicted octanol–water partition coefficient (Wildman–Crippen LogP) is 1.49. The minimum absolute atomic E-state index is 0.104. The maximum absolute atomic E-state index is 12.5. The summed E-state index contributed by atoms with van der Waals surface area (Å²) in [4.78, 5) is 11.7. The molecule has 1 N–H and O–H groups in total. The first kappa shape index (κ1) is 16.9. The number of rotatable bonds is 5. The fraction of sp³-hybridized carbons (Fsp3) is 0.533. The second-order valence-electron chi connectivity index (χ2n) is 5.41. The Morgan fingerprint density at radius 3 is 2.86 bits per heavy atom. The molecule has 22 heavy (non-hydrogen) atoms. The lowest BCUT2D eigenvalue weighted by Gasteiger charge is -2.22. The quantitative estimate of drug-likeness (QED) is 0.829. The van der Waals surface area contributed by atoms with Crippen molar-refractivity contribution in [3.8, 4) is 0 Å². The minimum Gasteiger partial charge on any atom is -0.465 e. The maximum Gasteiger partial charge on any atom is 0.337 e. The van der Waals surface area contributed by atoms with Crippen molar-refractivity contribution in [3.05, 3.63) is 29.3 Å². The van der Waals surface area contributed by atoms with E-state index in [1.807, 2.05) is 0 Å². The number of methoxy groups -OCH3 is 1. The van der Waals surface area contributed by atoms with Crippen LogP contribution in [0.2, 0.25) is 0 Å². The zero-order chi connectivity index (χ0) is 16.2. The Morgan fingerprint density at radius 1 is 1.45 bits per heavy atom.